The normalized spacial score (nSPS) is 15.8. The number of rotatable bonds is 4. The number of ether oxygens (including phenoxy) is 3. The summed E-state index contributed by atoms with van der Waals surface area (Å²) in [5, 5.41) is 5.57. The van der Waals surface area contributed by atoms with Crippen molar-refractivity contribution in [3.8, 4) is 11.5 Å². The molecule has 0 aromatic heterocycles. The SMILES string of the molecule is COc1cc([C@H]2OC(c3cccc(Br)c3)=NN2C(C)=O)ccc1OC(C)=O. The van der Waals surface area contributed by atoms with Crippen LogP contribution in [-0.2, 0) is 14.3 Å². The highest BCUT2D eigenvalue weighted by Gasteiger charge is 2.33. The van der Waals surface area contributed by atoms with Gasteiger partial charge in [0.05, 0.1) is 7.11 Å². The summed E-state index contributed by atoms with van der Waals surface area (Å²) in [6, 6.07) is 12.4. The van der Waals surface area contributed by atoms with E-state index >= 15 is 0 Å². The highest BCUT2D eigenvalue weighted by Crippen LogP contribution is 2.36. The average Bonchev–Trinajstić information content (AvgIpc) is 3.07. The van der Waals surface area contributed by atoms with Crippen LogP contribution >= 0.6 is 15.9 Å². The smallest absolute Gasteiger partial charge is 0.308 e. The number of hydrazone groups is 1. The van der Waals surface area contributed by atoms with Gasteiger partial charge in [-0.3, -0.25) is 9.59 Å². The largest absolute Gasteiger partial charge is 0.493 e. The molecule has 1 aliphatic heterocycles. The summed E-state index contributed by atoms with van der Waals surface area (Å²) in [5.41, 5.74) is 1.37. The summed E-state index contributed by atoms with van der Waals surface area (Å²) < 4.78 is 17.2. The lowest BCUT2D eigenvalue weighted by atomic mass is 10.1. The van der Waals surface area contributed by atoms with Crippen LogP contribution in [0.2, 0.25) is 0 Å². The lowest BCUT2D eigenvalue weighted by molar-refractivity contribution is -0.135. The van der Waals surface area contributed by atoms with Gasteiger partial charge in [-0.15, -0.1) is 5.10 Å². The van der Waals surface area contributed by atoms with Crippen LogP contribution in [-0.4, -0.2) is 29.9 Å². The van der Waals surface area contributed by atoms with E-state index in [0.717, 1.165) is 10.0 Å². The number of nitrogens with zero attached hydrogens (tertiary/aromatic N) is 2. The molecule has 0 saturated carbocycles. The van der Waals surface area contributed by atoms with Crippen LogP contribution < -0.4 is 9.47 Å². The summed E-state index contributed by atoms with van der Waals surface area (Å²) in [6.45, 7) is 2.72. The molecule has 140 valence electrons. The predicted molar refractivity (Wildman–Crippen MR) is 101 cm³/mol. The Balaban J connectivity index is 1.94. The molecule has 1 atom stereocenters. The first-order valence-corrected chi connectivity index (χ1v) is 8.85. The second-order valence-electron chi connectivity index (χ2n) is 5.75. The van der Waals surface area contributed by atoms with Gasteiger partial charge in [0.15, 0.2) is 11.5 Å². The fourth-order valence-electron chi connectivity index (χ4n) is 2.60. The van der Waals surface area contributed by atoms with Crippen molar-refractivity contribution < 1.29 is 23.8 Å². The number of carbonyl (C=O) groups excluding carboxylic acids is 2. The second-order valence-corrected chi connectivity index (χ2v) is 6.67. The topological polar surface area (TPSA) is 77.4 Å². The van der Waals surface area contributed by atoms with Crippen LogP contribution in [0.4, 0.5) is 0 Å². The van der Waals surface area contributed by atoms with E-state index in [1.807, 2.05) is 24.3 Å². The van der Waals surface area contributed by atoms with Crippen molar-refractivity contribution in [3.05, 3.63) is 58.1 Å². The van der Waals surface area contributed by atoms with E-state index in [1.54, 1.807) is 18.2 Å². The van der Waals surface area contributed by atoms with Crippen LogP contribution in [0.1, 0.15) is 31.2 Å². The van der Waals surface area contributed by atoms with Gasteiger partial charge in [0, 0.05) is 29.4 Å². The Bertz CT molecular complexity index is 928. The highest BCUT2D eigenvalue weighted by molar-refractivity contribution is 9.10. The van der Waals surface area contributed by atoms with Crippen molar-refractivity contribution in [2.24, 2.45) is 5.10 Å². The predicted octanol–water partition coefficient (Wildman–Crippen LogP) is 3.62. The van der Waals surface area contributed by atoms with E-state index in [9.17, 15) is 9.59 Å². The Morgan fingerprint density at radius 3 is 2.56 bits per heavy atom. The third-order valence-corrected chi connectivity index (χ3v) is 4.26. The van der Waals surface area contributed by atoms with Gasteiger partial charge in [-0.2, -0.15) is 5.01 Å². The molecule has 3 rings (SSSR count). The summed E-state index contributed by atoms with van der Waals surface area (Å²) in [5.74, 6) is 0.247. The van der Waals surface area contributed by atoms with Crippen LogP contribution in [0.3, 0.4) is 0 Å². The molecule has 2 aromatic rings. The third kappa shape index (κ3) is 4.11. The first-order valence-electron chi connectivity index (χ1n) is 8.06. The van der Waals surface area contributed by atoms with Gasteiger partial charge in [0.1, 0.15) is 0 Å². The molecule has 0 unspecified atom stereocenters. The molecule has 8 heteroatoms. The van der Waals surface area contributed by atoms with E-state index in [4.69, 9.17) is 14.2 Å². The number of benzene rings is 2. The van der Waals surface area contributed by atoms with E-state index in [0.29, 0.717) is 17.2 Å². The summed E-state index contributed by atoms with van der Waals surface area (Å²) in [4.78, 5) is 23.3. The maximum atomic E-state index is 12.1. The lowest BCUT2D eigenvalue weighted by Gasteiger charge is -2.20. The molecule has 0 N–H and O–H groups in total. The Hall–Kier alpha value is -2.87. The molecule has 0 radical (unpaired) electrons. The molecule has 1 aliphatic rings. The summed E-state index contributed by atoms with van der Waals surface area (Å²) >= 11 is 3.41. The van der Waals surface area contributed by atoms with Gasteiger partial charge in [0.25, 0.3) is 0 Å². The van der Waals surface area contributed by atoms with Crippen LogP contribution in [0.25, 0.3) is 0 Å². The molecular weight excluding hydrogens is 416 g/mol. The first-order chi connectivity index (χ1) is 12.9. The second kappa shape index (κ2) is 7.79. The van der Waals surface area contributed by atoms with Crippen LogP contribution in [0.15, 0.2) is 52.0 Å². The Morgan fingerprint density at radius 2 is 1.93 bits per heavy atom. The van der Waals surface area contributed by atoms with Crippen molar-refractivity contribution in [1.29, 1.82) is 0 Å². The molecule has 0 saturated heterocycles. The molecule has 0 spiro atoms. The van der Waals surface area contributed by atoms with E-state index < -0.39 is 12.2 Å². The zero-order valence-electron chi connectivity index (χ0n) is 14.9. The maximum Gasteiger partial charge on any atom is 0.308 e. The van der Waals surface area contributed by atoms with Crippen molar-refractivity contribution in [2.75, 3.05) is 7.11 Å². The molecule has 0 aliphatic carbocycles. The van der Waals surface area contributed by atoms with Gasteiger partial charge in [-0.05, 0) is 36.4 Å². The Kier molecular flexibility index (Phi) is 5.46. The van der Waals surface area contributed by atoms with Gasteiger partial charge in [-0.1, -0.05) is 22.0 Å². The minimum Gasteiger partial charge on any atom is -0.493 e. The van der Waals surface area contributed by atoms with Crippen LogP contribution in [0.5, 0.6) is 11.5 Å². The quantitative estimate of drug-likeness (QED) is 0.544. The summed E-state index contributed by atoms with van der Waals surface area (Å²) in [7, 11) is 1.47. The minimum absolute atomic E-state index is 0.270. The van der Waals surface area contributed by atoms with Crippen molar-refractivity contribution >= 4 is 33.7 Å². The van der Waals surface area contributed by atoms with Gasteiger partial charge >= 0.3 is 5.97 Å². The molecule has 27 heavy (non-hydrogen) atoms. The van der Waals surface area contributed by atoms with Crippen molar-refractivity contribution in [3.63, 3.8) is 0 Å². The highest BCUT2D eigenvalue weighted by atomic mass is 79.9. The van der Waals surface area contributed by atoms with E-state index in [2.05, 4.69) is 21.0 Å². The number of carbonyl (C=O) groups is 2. The zero-order chi connectivity index (χ0) is 19.6. The summed E-state index contributed by atoms with van der Waals surface area (Å²) in [6.07, 6.45) is -0.753. The fraction of sp³-hybridized carbons (Fsp3) is 0.211. The maximum absolute atomic E-state index is 12.1. The Labute approximate surface area is 164 Å². The molecule has 1 heterocycles. The van der Waals surface area contributed by atoms with Gasteiger partial charge in [0.2, 0.25) is 18.0 Å². The zero-order valence-corrected chi connectivity index (χ0v) is 16.5. The molecule has 7 nitrogen and oxygen atoms in total. The third-order valence-electron chi connectivity index (χ3n) is 3.76. The van der Waals surface area contributed by atoms with Gasteiger partial charge < -0.3 is 14.2 Å². The number of halogens is 1. The van der Waals surface area contributed by atoms with Crippen molar-refractivity contribution in [2.45, 2.75) is 20.1 Å². The fourth-order valence-corrected chi connectivity index (χ4v) is 3.00. The average molecular weight is 433 g/mol. The standard InChI is InChI=1S/C19H17BrN2O5/c1-11(23)22-19(27-18(21-22)13-5-4-6-15(20)9-13)14-7-8-16(26-12(2)24)17(10-14)25-3/h4-10,19H,1-3H3/t19-/m1/s1. The first kappa shape index (κ1) is 18.9. The Morgan fingerprint density at radius 1 is 1.15 bits per heavy atom. The lowest BCUT2D eigenvalue weighted by Crippen LogP contribution is -2.25. The number of hydrogen-bond acceptors (Lipinski definition) is 6. The van der Waals surface area contributed by atoms with E-state index in [-0.39, 0.29) is 11.7 Å². The van der Waals surface area contributed by atoms with Crippen molar-refractivity contribution in [1.82, 2.24) is 5.01 Å². The number of hydrogen-bond donors (Lipinski definition) is 0. The minimum atomic E-state index is -0.753. The molecule has 0 bridgehead atoms. The molecule has 0 fully saturated rings. The molecule has 1 amide bonds. The molecule has 2 aromatic carbocycles. The molecular formula is C19H17BrN2O5. The van der Waals surface area contributed by atoms with E-state index in [1.165, 1.54) is 26.0 Å². The monoisotopic (exact) mass is 432 g/mol. The number of esters is 1. The number of amides is 1. The van der Waals surface area contributed by atoms with Gasteiger partial charge in [-0.25, -0.2) is 0 Å². The number of methoxy groups -OCH3 is 1. The van der Waals surface area contributed by atoms with Crippen LogP contribution in [0, 0.1) is 0 Å².